The van der Waals surface area contributed by atoms with E-state index in [4.69, 9.17) is 0 Å². The largest absolute Gasteiger partial charge is 0.499 e. The highest BCUT2D eigenvalue weighted by molar-refractivity contribution is 5.27. The molecular formula is C15H18F5NO. The zero-order chi connectivity index (χ0) is 16.4. The van der Waals surface area contributed by atoms with Gasteiger partial charge in [-0.3, -0.25) is 4.90 Å². The lowest BCUT2D eigenvalue weighted by atomic mass is 9.99. The zero-order valence-corrected chi connectivity index (χ0v) is 12.2. The molecule has 1 saturated heterocycles. The van der Waals surface area contributed by atoms with Gasteiger partial charge in [0.15, 0.2) is 0 Å². The zero-order valence-electron chi connectivity index (χ0n) is 12.2. The van der Waals surface area contributed by atoms with Crippen LogP contribution in [0.25, 0.3) is 0 Å². The first-order chi connectivity index (χ1) is 10.2. The van der Waals surface area contributed by atoms with Crippen molar-refractivity contribution in [3.05, 3.63) is 29.8 Å². The Morgan fingerprint density at radius 3 is 2.09 bits per heavy atom. The highest BCUT2D eigenvalue weighted by Crippen LogP contribution is 2.37. The molecule has 124 valence electrons. The molecule has 0 amide bonds. The van der Waals surface area contributed by atoms with Gasteiger partial charge in [0.1, 0.15) is 5.75 Å². The van der Waals surface area contributed by atoms with Crippen LogP contribution in [0, 0.1) is 5.92 Å². The van der Waals surface area contributed by atoms with Crippen LogP contribution in [-0.2, 0) is 6.54 Å². The number of hydrogen-bond donors (Lipinski definition) is 0. The smallest absolute Gasteiger partial charge is 0.426 e. The van der Waals surface area contributed by atoms with Crippen LogP contribution >= 0.6 is 0 Å². The van der Waals surface area contributed by atoms with Crippen molar-refractivity contribution in [1.82, 2.24) is 4.90 Å². The van der Waals surface area contributed by atoms with Gasteiger partial charge in [0.05, 0.1) is 0 Å². The van der Waals surface area contributed by atoms with Gasteiger partial charge in [-0.1, -0.05) is 19.1 Å². The number of piperidine rings is 1. The minimum absolute atomic E-state index is 0.502. The Hall–Kier alpha value is -1.37. The fourth-order valence-electron chi connectivity index (χ4n) is 2.35. The fraction of sp³-hybridized carbons (Fsp3) is 0.600. The summed E-state index contributed by atoms with van der Waals surface area (Å²) >= 11 is 0. The lowest BCUT2D eigenvalue weighted by molar-refractivity contribution is -0.360. The second-order valence-electron chi connectivity index (χ2n) is 5.72. The first kappa shape index (κ1) is 17.0. The summed E-state index contributed by atoms with van der Waals surface area (Å²) in [7, 11) is 0. The van der Waals surface area contributed by atoms with Crippen molar-refractivity contribution in [2.75, 3.05) is 13.1 Å². The molecule has 0 saturated carbocycles. The normalized spacial score (nSPS) is 18.5. The van der Waals surface area contributed by atoms with Crippen LogP contribution < -0.4 is 4.74 Å². The van der Waals surface area contributed by atoms with Crippen LogP contribution in [0.5, 0.6) is 5.75 Å². The second kappa shape index (κ2) is 6.40. The summed E-state index contributed by atoms with van der Waals surface area (Å²) < 4.78 is 65.5. The van der Waals surface area contributed by atoms with E-state index < -0.39 is 18.0 Å². The van der Waals surface area contributed by atoms with Crippen molar-refractivity contribution in [3.63, 3.8) is 0 Å². The van der Waals surface area contributed by atoms with E-state index >= 15 is 0 Å². The first-order valence-corrected chi connectivity index (χ1v) is 7.12. The average molecular weight is 323 g/mol. The van der Waals surface area contributed by atoms with Gasteiger partial charge in [-0.25, -0.2) is 0 Å². The van der Waals surface area contributed by atoms with Gasteiger partial charge in [-0.15, -0.1) is 0 Å². The summed E-state index contributed by atoms with van der Waals surface area (Å²) in [4.78, 5) is 2.24. The molecule has 0 spiro atoms. The maximum Gasteiger partial charge on any atom is 0.499 e. The molecule has 7 heteroatoms. The molecule has 1 aromatic rings. The van der Waals surface area contributed by atoms with E-state index in [0.29, 0.717) is 12.5 Å². The Kier molecular flexibility index (Phi) is 4.94. The Morgan fingerprint density at radius 2 is 1.59 bits per heavy atom. The van der Waals surface area contributed by atoms with Gasteiger partial charge in [0.2, 0.25) is 0 Å². The highest BCUT2D eigenvalue weighted by Gasteiger charge is 2.61. The predicted octanol–water partition coefficient (Wildman–Crippen LogP) is 4.45. The van der Waals surface area contributed by atoms with Crippen LogP contribution in [0.1, 0.15) is 25.3 Å². The van der Waals surface area contributed by atoms with Crippen molar-refractivity contribution in [1.29, 1.82) is 0 Å². The minimum Gasteiger partial charge on any atom is -0.426 e. The SMILES string of the molecule is CC1CCN(Cc2ccc(OC(F)(F)C(F)(F)F)cc2)CC1. The standard InChI is InChI=1S/C15H18F5NO/c1-11-6-8-21(9-7-11)10-12-2-4-13(5-3-12)22-15(19,20)14(16,17)18/h2-5,11H,6-10H2,1H3. The Bertz CT molecular complexity index is 478. The van der Waals surface area contributed by atoms with Gasteiger partial charge in [-0.05, 0) is 49.5 Å². The molecule has 0 bridgehead atoms. The van der Waals surface area contributed by atoms with E-state index in [9.17, 15) is 22.0 Å². The molecule has 1 aliphatic heterocycles. The van der Waals surface area contributed by atoms with E-state index in [1.165, 1.54) is 12.1 Å². The summed E-state index contributed by atoms with van der Waals surface area (Å²) in [6.45, 7) is 4.78. The molecule has 0 aromatic heterocycles. The third-order valence-electron chi connectivity index (χ3n) is 3.78. The molecule has 1 aliphatic rings. The maximum absolute atomic E-state index is 12.8. The molecule has 1 aromatic carbocycles. The number of ether oxygens (including phenoxy) is 1. The van der Waals surface area contributed by atoms with Gasteiger partial charge in [0, 0.05) is 6.54 Å². The average Bonchev–Trinajstić information content (AvgIpc) is 2.42. The number of rotatable bonds is 4. The van der Waals surface area contributed by atoms with Crippen molar-refractivity contribution in [3.8, 4) is 5.75 Å². The lowest BCUT2D eigenvalue weighted by Gasteiger charge is -2.30. The summed E-state index contributed by atoms with van der Waals surface area (Å²) in [6, 6.07) is 5.31. The summed E-state index contributed by atoms with van der Waals surface area (Å²) in [5.74, 6) is 0.204. The summed E-state index contributed by atoms with van der Waals surface area (Å²) in [6.07, 6.45) is -8.69. The second-order valence-corrected chi connectivity index (χ2v) is 5.72. The number of likely N-dealkylation sites (tertiary alicyclic amines) is 1. The van der Waals surface area contributed by atoms with Crippen LogP contribution in [0.4, 0.5) is 22.0 Å². The van der Waals surface area contributed by atoms with E-state index in [1.54, 1.807) is 0 Å². The number of alkyl halides is 5. The van der Waals surface area contributed by atoms with Gasteiger partial charge in [0.25, 0.3) is 0 Å². The predicted molar refractivity (Wildman–Crippen MR) is 71.7 cm³/mol. The minimum atomic E-state index is -5.73. The third kappa shape index (κ3) is 4.32. The molecule has 1 fully saturated rings. The van der Waals surface area contributed by atoms with E-state index in [2.05, 4.69) is 16.6 Å². The molecule has 0 unspecified atom stereocenters. The van der Waals surface area contributed by atoms with E-state index in [1.807, 2.05) is 0 Å². The van der Waals surface area contributed by atoms with Crippen LogP contribution in [0.15, 0.2) is 24.3 Å². The van der Waals surface area contributed by atoms with Crippen molar-refractivity contribution < 1.29 is 26.7 Å². The Labute approximate surface area is 125 Å². The van der Waals surface area contributed by atoms with Crippen LogP contribution in [0.2, 0.25) is 0 Å². The molecule has 0 radical (unpaired) electrons. The monoisotopic (exact) mass is 323 g/mol. The lowest BCUT2D eigenvalue weighted by Crippen LogP contribution is -2.41. The summed E-state index contributed by atoms with van der Waals surface area (Å²) in [5.41, 5.74) is 0.859. The molecule has 1 heterocycles. The van der Waals surface area contributed by atoms with Crippen LogP contribution in [0.3, 0.4) is 0 Å². The maximum atomic E-state index is 12.8. The van der Waals surface area contributed by atoms with E-state index in [-0.39, 0.29) is 0 Å². The topological polar surface area (TPSA) is 12.5 Å². The van der Waals surface area contributed by atoms with Gasteiger partial charge in [-0.2, -0.15) is 22.0 Å². The molecule has 0 atom stereocenters. The quantitative estimate of drug-likeness (QED) is 0.759. The highest BCUT2D eigenvalue weighted by atomic mass is 19.4. The van der Waals surface area contributed by atoms with Crippen molar-refractivity contribution in [2.45, 2.75) is 38.6 Å². The molecule has 0 aliphatic carbocycles. The molecular weight excluding hydrogens is 305 g/mol. The number of benzene rings is 1. The molecule has 2 nitrogen and oxygen atoms in total. The van der Waals surface area contributed by atoms with Crippen molar-refractivity contribution >= 4 is 0 Å². The number of halogens is 5. The van der Waals surface area contributed by atoms with Crippen LogP contribution in [-0.4, -0.2) is 30.3 Å². The Morgan fingerprint density at radius 1 is 1.05 bits per heavy atom. The summed E-state index contributed by atoms with van der Waals surface area (Å²) in [5, 5.41) is 0. The molecule has 2 rings (SSSR count). The Balaban J connectivity index is 1.93. The fourth-order valence-corrected chi connectivity index (χ4v) is 2.35. The first-order valence-electron chi connectivity index (χ1n) is 7.12. The number of hydrogen-bond acceptors (Lipinski definition) is 2. The van der Waals surface area contributed by atoms with Gasteiger partial charge >= 0.3 is 12.3 Å². The molecule has 22 heavy (non-hydrogen) atoms. The number of nitrogens with zero attached hydrogens (tertiary/aromatic N) is 1. The van der Waals surface area contributed by atoms with E-state index in [0.717, 1.165) is 43.6 Å². The molecule has 0 N–H and O–H groups in total. The third-order valence-corrected chi connectivity index (χ3v) is 3.78. The van der Waals surface area contributed by atoms with Gasteiger partial charge < -0.3 is 4.74 Å². The van der Waals surface area contributed by atoms with Crippen molar-refractivity contribution in [2.24, 2.45) is 5.92 Å².